The fraction of sp³-hybridized carbons (Fsp3) is 1.00. The van der Waals surface area contributed by atoms with E-state index in [-0.39, 0.29) is 0 Å². The summed E-state index contributed by atoms with van der Waals surface area (Å²) in [5.74, 6) is -11.2. The fourth-order valence-corrected chi connectivity index (χ4v) is 1.34. The highest BCUT2D eigenvalue weighted by Gasteiger charge is 2.48. The molecule has 0 radical (unpaired) electrons. The lowest BCUT2D eigenvalue weighted by atomic mass is 9.53. The first-order valence-corrected chi connectivity index (χ1v) is 3.29. The summed E-state index contributed by atoms with van der Waals surface area (Å²) in [6.07, 6.45) is -22.6. The standard InChI is InChI=1S/C10H17N/c11-10-4-7-1-8(5-10)3-9(2-7)6-10/h7-9H,1-6,11H2/i1D2,2D2,3D2,4D2,5D2,6D2,7D,8D,9D. The van der Waals surface area contributed by atoms with E-state index in [2.05, 4.69) is 0 Å². The minimum Gasteiger partial charge on any atom is -0.325 e. The van der Waals surface area contributed by atoms with Gasteiger partial charge >= 0.3 is 0 Å². The van der Waals surface area contributed by atoms with Crippen molar-refractivity contribution in [3.63, 3.8) is 0 Å². The highest BCUT2D eigenvalue weighted by atomic mass is 14.8. The number of nitrogens with two attached hydrogens (primary N) is 1. The van der Waals surface area contributed by atoms with Gasteiger partial charge in [-0.25, -0.2) is 0 Å². The third kappa shape index (κ3) is 0.868. The van der Waals surface area contributed by atoms with Crippen molar-refractivity contribution in [2.75, 3.05) is 0 Å². The van der Waals surface area contributed by atoms with Crippen LogP contribution in [0.15, 0.2) is 0 Å². The van der Waals surface area contributed by atoms with Crippen LogP contribution in [0.5, 0.6) is 0 Å². The SMILES string of the molecule is [2H]C1([2H])C2([2H])C([2H])([2H])C3([2H])C([2H])([2H])C1([2H])C([2H])([2H])C(N)(C2([2H])[2H])C3([2H])[2H]. The van der Waals surface area contributed by atoms with Crippen molar-refractivity contribution in [2.45, 2.75) is 43.8 Å². The maximum Gasteiger partial charge on any atom is 0.0304 e. The molecule has 0 heterocycles. The Hall–Kier alpha value is -0.0400. The largest absolute Gasteiger partial charge is 0.325 e. The van der Waals surface area contributed by atoms with Crippen molar-refractivity contribution in [1.82, 2.24) is 0 Å². The van der Waals surface area contributed by atoms with E-state index in [0.717, 1.165) is 0 Å². The Bertz CT molecular complexity index is 512. The van der Waals surface area contributed by atoms with Gasteiger partial charge < -0.3 is 5.73 Å². The molecular weight excluding hydrogens is 134 g/mol. The lowest BCUT2D eigenvalue weighted by Gasteiger charge is -2.55. The predicted molar refractivity (Wildman–Crippen MR) is 45.1 cm³/mol. The Balaban J connectivity index is 2.71. The van der Waals surface area contributed by atoms with Crippen molar-refractivity contribution in [2.24, 2.45) is 23.4 Å². The van der Waals surface area contributed by atoms with Crippen LogP contribution in [0.3, 0.4) is 0 Å². The first kappa shape index (κ1) is 1.39. The number of hydrogen-bond donors (Lipinski definition) is 1. The lowest BCUT2D eigenvalue weighted by Crippen LogP contribution is -2.55. The fourth-order valence-electron chi connectivity index (χ4n) is 1.34. The first-order chi connectivity index (χ1) is 11.0. The zero-order valence-corrected chi connectivity index (χ0v) is 5.58. The second kappa shape index (κ2) is 1.82. The molecule has 2 N–H and O–H groups in total. The lowest BCUT2D eigenvalue weighted by molar-refractivity contribution is 0.000365. The monoisotopic (exact) mass is 166 g/mol. The molecule has 0 aromatic rings. The predicted octanol–water partition coefficient (Wildman–Crippen LogP) is 1.91. The zero-order valence-electron chi connectivity index (χ0n) is 20.6. The molecule has 1 nitrogen and oxygen atoms in total. The van der Waals surface area contributed by atoms with Gasteiger partial charge in [-0.15, -0.1) is 0 Å². The van der Waals surface area contributed by atoms with E-state index >= 15 is 0 Å². The minimum atomic E-state index is -3.80. The molecule has 4 fully saturated rings. The molecule has 0 amide bonds. The van der Waals surface area contributed by atoms with E-state index in [9.17, 15) is 0 Å². The molecule has 11 heavy (non-hydrogen) atoms. The number of rotatable bonds is 0. The molecule has 4 aliphatic rings. The van der Waals surface area contributed by atoms with Gasteiger partial charge in [0.05, 0.1) is 0 Å². The summed E-state index contributed by atoms with van der Waals surface area (Å²) in [4.78, 5) is 0. The molecule has 0 spiro atoms. The van der Waals surface area contributed by atoms with E-state index in [1.807, 2.05) is 0 Å². The van der Waals surface area contributed by atoms with Crippen LogP contribution in [-0.4, -0.2) is 5.54 Å². The van der Waals surface area contributed by atoms with Crippen molar-refractivity contribution < 1.29 is 20.6 Å². The van der Waals surface area contributed by atoms with Gasteiger partial charge in [-0.1, -0.05) is 0 Å². The summed E-state index contributed by atoms with van der Waals surface area (Å²) >= 11 is 0. The second-order valence-corrected chi connectivity index (χ2v) is 2.68. The average Bonchev–Trinajstić information content (AvgIpc) is 2.46. The Morgan fingerprint density at radius 3 is 1.82 bits per heavy atom. The van der Waals surface area contributed by atoms with Gasteiger partial charge in [0.2, 0.25) is 0 Å². The molecule has 0 aliphatic heterocycles. The van der Waals surface area contributed by atoms with Crippen LogP contribution in [0.1, 0.15) is 58.8 Å². The molecule has 4 bridgehead atoms. The molecular formula is C10H17N. The van der Waals surface area contributed by atoms with Crippen LogP contribution in [0.2, 0.25) is 0 Å². The smallest absolute Gasteiger partial charge is 0.0304 e. The normalized spacial score (nSPS) is 128. The molecule has 4 aliphatic carbocycles. The molecule has 4 rings (SSSR count). The molecule has 0 saturated heterocycles. The van der Waals surface area contributed by atoms with Gasteiger partial charge in [0, 0.05) is 26.1 Å². The maximum atomic E-state index is 8.38. The average molecular weight is 166 g/mol. The summed E-state index contributed by atoms with van der Waals surface area (Å²) in [6, 6.07) is 0. The Kier molecular flexibility index (Phi) is 0.230. The van der Waals surface area contributed by atoms with Gasteiger partial charge in [0.15, 0.2) is 0 Å². The Morgan fingerprint density at radius 1 is 1.09 bits per heavy atom. The van der Waals surface area contributed by atoms with Crippen molar-refractivity contribution in [1.29, 1.82) is 0 Å². The van der Waals surface area contributed by atoms with E-state index in [1.54, 1.807) is 0 Å². The zero-order chi connectivity index (χ0) is 21.0. The third-order valence-corrected chi connectivity index (χ3v) is 1.72. The van der Waals surface area contributed by atoms with Crippen LogP contribution < -0.4 is 5.73 Å². The summed E-state index contributed by atoms with van der Waals surface area (Å²) in [6.45, 7) is 0. The molecule has 1 heteroatoms. The van der Waals surface area contributed by atoms with Crippen LogP contribution in [0.4, 0.5) is 0 Å². The third-order valence-electron chi connectivity index (χ3n) is 1.72. The topological polar surface area (TPSA) is 26.0 Å². The summed E-state index contributed by atoms with van der Waals surface area (Å²) < 4.78 is 123. The molecule has 4 saturated carbocycles. The van der Waals surface area contributed by atoms with E-state index in [0.29, 0.717) is 0 Å². The van der Waals surface area contributed by atoms with Crippen molar-refractivity contribution in [3.05, 3.63) is 0 Å². The highest BCUT2D eigenvalue weighted by Crippen LogP contribution is 2.54. The molecule has 0 aromatic heterocycles. The van der Waals surface area contributed by atoms with Gasteiger partial charge in [-0.2, -0.15) is 0 Å². The molecule has 0 atom stereocenters. The first-order valence-electron chi connectivity index (χ1n) is 10.8. The minimum absolute atomic E-state index is 3.54. The Labute approximate surface area is 89.4 Å². The van der Waals surface area contributed by atoms with Crippen molar-refractivity contribution >= 4 is 0 Å². The molecule has 0 unspecified atom stereocenters. The van der Waals surface area contributed by atoms with Crippen molar-refractivity contribution in [3.8, 4) is 0 Å². The van der Waals surface area contributed by atoms with Crippen LogP contribution >= 0.6 is 0 Å². The Morgan fingerprint density at radius 2 is 1.45 bits per heavy atom. The number of hydrogen-bond acceptors (Lipinski definition) is 1. The van der Waals surface area contributed by atoms with E-state index < -0.39 is 61.5 Å². The molecule has 0 aromatic carbocycles. The van der Waals surface area contributed by atoms with E-state index in [4.69, 9.17) is 26.3 Å². The van der Waals surface area contributed by atoms with Gasteiger partial charge in [0.1, 0.15) is 0 Å². The van der Waals surface area contributed by atoms with Crippen LogP contribution in [-0.2, 0) is 0 Å². The quantitative estimate of drug-likeness (QED) is 0.584. The van der Waals surface area contributed by atoms with Gasteiger partial charge in [-0.3, -0.25) is 0 Å². The van der Waals surface area contributed by atoms with Gasteiger partial charge in [-0.05, 0) is 55.9 Å². The van der Waals surface area contributed by atoms with E-state index in [1.165, 1.54) is 0 Å². The van der Waals surface area contributed by atoms with Gasteiger partial charge in [0.25, 0.3) is 0 Å². The van der Waals surface area contributed by atoms with Crippen LogP contribution in [0, 0.1) is 17.7 Å². The molecule has 62 valence electrons. The summed E-state index contributed by atoms with van der Waals surface area (Å²) in [5.41, 5.74) is 2.25. The van der Waals surface area contributed by atoms with Crippen LogP contribution in [0.25, 0.3) is 0 Å². The second-order valence-electron chi connectivity index (χ2n) is 2.68. The summed E-state index contributed by atoms with van der Waals surface area (Å²) in [7, 11) is 0. The summed E-state index contributed by atoms with van der Waals surface area (Å²) in [5, 5.41) is 0. The highest BCUT2D eigenvalue weighted by molar-refractivity contribution is 5.04. The maximum absolute atomic E-state index is 8.38.